The molecule has 0 spiro atoms. The molecule has 0 aliphatic rings. The van der Waals surface area contributed by atoms with E-state index in [1.165, 1.54) is 0 Å². The van der Waals surface area contributed by atoms with Crippen LogP contribution < -0.4 is 5.32 Å². The highest BCUT2D eigenvalue weighted by atomic mass is 15.0. The molecule has 0 aliphatic carbocycles. The van der Waals surface area contributed by atoms with Crippen molar-refractivity contribution >= 4 is 12.1 Å². The zero-order valence-electron chi connectivity index (χ0n) is 8.54. The fraction of sp³-hybridized carbons (Fsp3) is 0.400. The lowest BCUT2D eigenvalue weighted by Gasteiger charge is -2.03. The average molecular weight is 179 g/mol. The number of nitrogens with one attached hydrogen (secondary N) is 1. The quantitative estimate of drug-likeness (QED) is 0.398. The summed E-state index contributed by atoms with van der Waals surface area (Å²) in [5.41, 5.74) is 0.846. The van der Waals surface area contributed by atoms with E-state index in [1.54, 1.807) is 19.3 Å². The summed E-state index contributed by atoms with van der Waals surface area (Å²) in [6.45, 7) is 11.2. The Morgan fingerprint density at radius 1 is 1.54 bits per heavy atom. The Hall–Kier alpha value is -1.38. The Morgan fingerprint density at radius 3 is 2.54 bits per heavy atom. The highest BCUT2D eigenvalue weighted by Crippen LogP contribution is 1.88. The van der Waals surface area contributed by atoms with Crippen LogP contribution in [0.2, 0.25) is 0 Å². The Bertz CT molecular complexity index is 239. The van der Waals surface area contributed by atoms with Crippen molar-refractivity contribution in [1.29, 1.82) is 0 Å². The lowest BCUT2D eigenvalue weighted by Crippen LogP contribution is -2.22. The first-order valence-electron chi connectivity index (χ1n) is 4.15. The fourth-order valence-electron chi connectivity index (χ4n) is 0.614. The summed E-state index contributed by atoms with van der Waals surface area (Å²) in [7, 11) is 1.70. The van der Waals surface area contributed by atoms with Crippen molar-refractivity contribution in [2.45, 2.75) is 19.9 Å². The van der Waals surface area contributed by atoms with E-state index in [0.29, 0.717) is 5.84 Å². The minimum atomic E-state index is 0.115. The van der Waals surface area contributed by atoms with Crippen LogP contribution in [0.4, 0.5) is 0 Å². The molecule has 13 heavy (non-hydrogen) atoms. The van der Waals surface area contributed by atoms with E-state index < -0.39 is 0 Å². The van der Waals surface area contributed by atoms with Gasteiger partial charge in [0.05, 0.1) is 12.3 Å². The number of allylic oxidation sites excluding steroid dienone is 1. The highest BCUT2D eigenvalue weighted by Gasteiger charge is 1.93. The molecule has 3 heteroatoms. The lowest BCUT2D eigenvalue weighted by atomic mass is 10.3. The molecule has 0 fully saturated rings. The first-order chi connectivity index (χ1) is 6.10. The Kier molecular flexibility index (Phi) is 5.52. The summed E-state index contributed by atoms with van der Waals surface area (Å²) in [5, 5.41) is 2.98. The third-order valence-electron chi connectivity index (χ3n) is 1.36. The second-order valence-electron chi connectivity index (χ2n) is 2.77. The first-order valence-corrected chi connectivity index (χ1v) is 4.15. The van der Waals surface area contributed by atoms with Crippen molar-refractivity contribution in [3.8, 4) is 0 Å². The molecule has 0 rings (SSSR count). The van der Waals surface area contributed by atoms with E-state index in [-0.39, 0.29) is 6.04 Å². The molecule has 0 amide bonds. The van der Waals surface area contributed by atoms with E-state index in [0.717, 1.165) is 5.70 Å². The molecule has 0 aliphatic heterocycles. The van der Waals surface area contributed by atoms with E-state index in [1.807, 2.05) is 13.8 Å². The van der Waals surface area contributed by atoms with Gasteiger partial charge in [-0.2, -0.15) is 0 Å². The molecule has 0 saturated carbocycles. The highest BCUT2D eigenvalue weighted by molar-refractivity contribution is 6.29. The SMILES string of the molecule is C=CC(C)/N=C\C(=N/C)NC(=C)C. The smallest absolute Gasteiger partial charge is 0.143 e. The van der Waals surface area contributed by atoms with Crippen LogP contribution in [0, 0.1) is 0 Å². The van der Waals surface area contributed by atoms with Gasteiger partial charge in [0.1, 0.15) is 5.84 Å². The molecule has 0 aromatic carbocycles. The number of rotatable bonds is 4. The van der Waals surface area contributed by atoms with Crippen LogP contribution in [0.25, 0.3) is 0 Å². The van der Waals surface area contributed by atoms with E-state index in [2.05, 4.69) is 28.5 Å². The monoisotopic (exact) mass is 179 g/mol. The summed E-state index contributed by atoms with van der Waals surface area (Å²) >= 11 is 0. The molecule has 72 valence electrons. The maximum atomic E-state index is 4.19. The minimum absolute atomic E-state index is 0.115. The molecular formula is C10H17N3. The molecule has 0 aromatic rings. The van der Waals surface area contributed by atoms with E-state index in [9.17, 15) is 0 Å². The molecule has 1 atom stereocenters. The normalized spacial score (nSPS) is 14.2. The van der Waals surface area contributed by atoms with Crippen LogP contribution in [-0.4, -0.2) is 25.1 Å². The Morgan fingerprint density at radius 2 is 2.15 bits per heavy atom. The van der Waals surface area contributed by atoms with Crippen LogP contribution in [0.15, 0.2) is 34.9 Å². The van der Waals surface area contributed by atoms with Gasteiger partial charge in [-0.05, 0) is 13.8 Å². The molecule has 1 unspecified atom stereocenters. The van der Waals surface area contributed by atoms with Crippen molar-refractivity contribution in [1.82, 2.24) is 5.32 Å². The zero-order chi connectivity index (χ0) is 10.3. The predicted molar refractivity (Wildman–Crippen MR) is 59.5 cm³/mol. The number of nitrogens with zero attached hydrogens (tertiary/aromatic N) is 2. The number of amidine groups is 1. The zero-order valence-corrected chi connectivity index (χ0v) is 8.54. The van der Waals surface area contributed by atoms with Gasteiger partial charge in [-0.15, -0.1) is 6.58 Å². The summed E-state index contributed by atoms with van der Waals surface area (Å²) in [5.74, 6) is 0.709. The minimum Gasteiger partial charge on any atom is -0.344 e. The summed E-state index contributed by atoms with van der Waals surface area (Å²) in [6.07, 6.45) is 3.45. The van der Waals surface area contributed by atoms with Crippen LogP contribution in [0.1, 0.15) is 13.8 Å². The van der Waals surface area contributed by atoms with Crippen molar-refractivity contribution < 1.29 is 0 Å². The van der Waals surface area contributed by atoms with Gasteiger partial charge >= 0.3 is 0 Å². The molecule has 3 nitrogen and oxygen atoms in total. The summed E-state index contributed by atoms with van der Waals surface area (Å²) in [6, 6.07) is 0.115. The molecule has 0 saturated heterocycles. The number of hydrogen-bond donors (Lipinski definition) is 1. The summed E-state index contributed by atoms with van der Waals surface area (Å²) in [4.78, 5) is 8.18. The number of hydrogen-bond acceptors (Lipinski definition) is 2. The fourth-order valence-corrected chi connectivity index (χ4v) is 0.614. The second-order valence-corrected chi connectivity index (χ2v) is 2.77. The van der Waals surface area contributed by atoms with Gasteiger partial charge in [0.25, 0.3) is 0 Å². The topological polar surface area (TPSA) is 36.8 Å². The summed E-state index contributed by atoms with van der Waals surface area (Å²) < 4.78 is 0. The molecule has 0 radical (unpaired) electrons. The van der Waals surface area contributed by atoms with Gasteiger partial charge in [-0.3, -0.25) is 9.98 Å². The molecule has 0 heterocycles. The predicted octanol–water partition coefficient (Wildman–Crippen LogP) is 1.78. The van der Waals surface area contributed by atoms with Crippen molar-refractivity contribution in [2.24, 2.45) is 9.98 Å². The third kappa shape index (κ3) is 5.84. The molecule has 1 N–H and O–H groups in total. The largest absolute Gasteiger partial charge is 0.344 e. The molecular weight excluding hydrogens is 162 g/mol. The van der Waals surface area contributed by atoms with E-state index >= 15 is 0 Å². The van der Waals surface area contributed by atoms with Gasteiger partial charge in [0.2, 0.25) is 0 Å². The number of aliphatic imine (C=N–C) groups is 2. The van der Waals surface area contributed by atoms with Crippen molar-refractivity contribution in [3.05, 3.63) is 24.9 Å². The van der Waals surface area contributed by atoms with Crippen LogP contribution in [0.5, 0.6) is 0 Å². The molecule has 0 aromatic heterocycles. The van der Waals surface area contributed by atoms with Gasteiger partial charge in [0.15, 0.2) is 0 Å². The van der Waals surface area contributed by atoms with Gasteiger partial charge in [-0.1, -0.05) is 12.7 Å². The van der Waals surface area contributed by atoms with E-state index in [4.69, 9.17) is 0 Å². The maximum Gasteiger partial charge on any atom is 0.143 e. The van der Waals surface area contributed by atoms with Crippen LogP contribution >= 0.6 is 0 Å². The standard InChI is InChI=1S/C10H17N3/c1-6-9(4)12-7-10(11-5)13-8(2)3/h6-7,9H,1-2H2,3-5H3,(H,11,13)/b12-7-. The third-order valence-corrected chi connectivity index (χ3v) is 1.36. The Balaban J connectivity index is 4.21. The maximum absolute atomic E-state index is 4.19. The van der Waals surface area contributed by atoms with Crippen LogP contribution in [0.3, 0.4) is 0 Å². The van der Waals surface area contributed by atoms with Crippen LogP contribution in [-0.2, 0) is 0 Å². The second kappa shape index (κ2) is 6.17. The van der Waals surface area contributed by atoms with Gasteiger partial charge in [0, 0.05) is 12.7 Å². The van der Waals surface area contributed by atoms with Gasteiger partial charge < -0.3 is 5.32 Å². The van der Waals surface area contributed by atoms with Crippen molar-refractivity contribution in [2.75, 3.05) is 7.05 Å². The van der Waals surface area contributed by atoms with Gasteiger partial charge in [-0.25, -0.2) is 0 Å². The average Bonchev–Trinajstić information content (AvgIpc) is 2.10. The van der Waals surface area contributed by atoms with Crippen molar-refractivity contribution in [3.63, 3.8) is 0 Å². The Labute approximate surface area is 80.0 Å². The first kappa shape index (κ1) is 11.6. The molecule has 0 bridgehead atoms. The lowest BCUT2D eigenvalue weighted by molar-refractivity contribution is 0.936.